The summed E-state index contributed by atoms with van der Waals surface area (Å²) in [5.74, 6) is 0.513. The Kier molecular flexibility index (Phi) is 4.83. The van der Waals surface area contributed by atoms with Gasteiger partial charge in [0.1, 0.15) is 5.69 Å². The van der Waals surface area contributed by atoms with Crippen LogP contribution in [0.3, 0.4) is 0 Å². The summed E-state index contributed by atoms with van der Waals surface area (Å²) in [6, 6.07) is 9.40. The average molecular weight is 312 g/mol. The van der Waals surface area contributed by atoms with Crippen molar-refractivity contribution in [3.8, 4) is 5.88 Å². The van der Waals surface area contributed by atoms with Crippen molar-refractivity contribution in [3.05, 3.63) is 54.0 Å². The number of rotatable bonds is 5. The van der Waals surface area contributed by atoms with Crippen LogP contribution in [0.15, 0.2) is 42.7 Å². The topological polar surface area (TPSA) is 67.3 Å². The Morgan fingerprint density at radius 1 is 1.35 bits per heavy atom. The molecule has 2 aromatic rings. The van der Waals surface area contributed by atoms with Crippen molar-refractivity contribution in [3.63, 3.8) is 0 Å². The van der Waals surface area contributed by atoms with Crippen LogP contribution in [0.4, 0.5) is 0 Å². The van der Waals surface area contributed by atoms with Crippen LogP contribution in [-0.2, 0) is 6.54 Å². The van der Waals surface area contributed by atoms with Gasteiger partial charge in [-0.2, -0.15) is 0 Å². The smallest absolute Gasteiger partial charge is 0.270 e. The number of carbonyl (C=O) groups is 1. The fourth-order valence-electron chi connectivity index (χ4n) is 2.73. The predicted molar refractivity (Wildman–Crippen MR) is 86.2 cm³/mol. The summed E-state index contributed by atoms with van der Waals surface area (Å²) in [5.41, 5.74) is 1.60. The Morgan fingerprint density at radius 3 is 2.96 bits per heavy atom. The molecule has 2 aromatic heterocycles. The molecule has 3 heterocycles. The Labute approximate surface area is 135 Å². The standard InChI is InChI=1S/C17H20N4O2/c1-23-16-6-5-13(10-19-16)11-21-9-7-14(12-21)20-17(22)15-4-2-3-8-18-15/h2-6,8,10,14H,7,9,11-12H2,1H3,(H,20,22)/t14-/m0/s1. The van der Waals surface area contributed by atoms with Crippen LogP contribution in [0.5, 0.6) is 5.88 Å². The lowest BCUT2D eigenvalue weighted by molar-refractivity contribution is 0.0932. The molecule has 1 saturated heterocycles. The van der Waals surface area contributed by atoms with Crippen LogP contribution in [0.1, 0.15) is 22.5 Å². The number of aromatic nitrogens is 2. The summed E-state index contributed by atoms with van der Waals surface area (Å²) < 4.78 is 5.06. The summed E-state index contributed by atoms with van der Waals surface area (Å²) in [6.07, 6.45) is 4.41. The number of carbonyl (C=O) groups excluding carboxylic acids is 1. The second kappa shape index (κ2) is 7.19. The number of amides is 1. The molecular weight excluding hydrogens is 292 g/mol. The van der Waals surface area contributed by atoms with Gasteiger partial charge in [-0.15, -0.1) is 0 Å². The third-order valence-corrected chi connectivity index (χ3v) is 3.92. The molecule has 1 atom stereocenters. The minimum Gasteiger partial charge on any atom is -0.481 e. The molecule has 0 aliphatic carbocycles. The van der Waals surface area contributed by atoms with Gasteiger partial charge in [-0.05, 0) is 24.1 Å². The van der Waals surface area contributed by atoms with E-state index in [1.54, 1.807) is 25.4 Å². The molecule has 1 aliphatic heterocycles. The van der Waals surface area contributed by atoms with Gasteiger partial charge in [0.05, 0.1) is 7.11 Å². The van der Waals surface area contributed by atoms with Crippen molar-refractivity contribution in [1.29, 1.82) is 0 Å². The zero-order chi connectivity index (χ0) is 16.1. The Morgan fingerprint density at radius 2 is 2.26 bits per heavy atom. The molecule has 1 amide bonds. The van der Waals surface area contributed by atoms with E-state index < -0.39 is 0 Å². The zero-order valence-electron chi connectivity index (χ0n) is 13.1. The number of hydrogen-bond acceptors (Lipinski definition) is 5. The minimum atomic E-state index is -0.108. The zero-order valence-corrected chi connectivity index (χ0v) is 13.1. The molecule has 0 spiro atoms. The van der Waals surface area contributed by atoms with E-state index >= 15 is 0 Å². The normalized spacial score (nSPS) is 17.9. The number of nitrogens with one attached hydrogen (secondary N) is 1. The number of methoxy groups -OCH3 is 1. The Hall–Kier alpha value is -2.47. The highest BCUT2D eigenvalue weighted by atomic mass is 16.5. The lowest BCUT2D eigenvalue weighted by atomic mass is 10.2. The molecule has 0 saturated carbocycles. The summed E-state index contributed by atoms with van der Waals surface area (Å²) in [5, 5.41) is 3.05. The van der Waals surface area contributed by atoms with Crippen LogP contribution in [0.25, 0.3) is 0 Å². The number of ether oxygens (including phenoxy) is 1. The minimum absolute atomic E-state index is 0.108. The molecule has 1 fully saturated rings. The molecular formula is C17H20N4O2. The van der Waals surface area contributed by atoms with Crippen molar-refractivity contribution in [1.82, 2.24) is 20.2 Å². The molecule has 0 aromatic carbocycles. The second-order valence-corrected chi connectivity index (χ2v) is 5.62. The highest BCUT2D eigenvalue weighted by Crippen LogP contribution is 2.15. The van der Waals surface area contributed by atoms with E-state index in [2.05, 4.69) is 20.2 Å². The van der Waals surface area contributed by atoms with E-state index in [9.17, 15) is 4.79 Å². The maximum atomic E-state index is 12.1. The maximum Gasteiger partial charge on any atom is 0.270 e. The molecule has 23 heavy (non-hydrogen) atoms. The van der Waals surface area contributed by atoms with Gasteiger partial charge < -0.3 is 10.1 Å². The van der Waals surface area contributed by atoms with Crippen molar-refractivity contribution in [2.75, 3.05) is 20.2 Å². The number of hydrogen-bond donors (Lipinski definition) is 1. The molecule has 3 rings (SSSR count). The first-order chi connectivity index (χ1) is 11.2. The van der Waals surface area contributed by atoms with E-state index in [-0.39, 0.29) is 11.9 Å². The van der Waals surface area contributed by atoms with E-state index in [1.807, 2.05) is 24.4 Å². The first kappa shape index (κ1) is 15.4. The van der Waals surface area contributed by atoms with E-state index in [4.69, 9.17) is 4.74 Å². The number of nitrogens with zero attached hydrogens (tertiary/aromatic N) is 3. The monoisotopic (exact) mass is 312 g/mol. The first-order valence-electron chi connectivity index (χ1n) is 7.68. The number of pyridine rings is 2. The van der Waals surface area contributed by atoms with E-state index in [0.29, 0.717) is 11.6 Å². The van der Waals surface area contributed by atoms with E-state index in [1.165, 1.54) is 0 Å². The largest absolute Gasteiger partial charge is 0.481 e. The third kappa shape index (κ3) is 4.04. The van der Waals surface area contributed by atoms with Crippen LogP contribution in [0.2, 0.25) is 0 Å². The maximum absolute atomic E-state index is 12.1. The van der Waals surface area contributed by atoms with Gasteiger partial charge in [0.2, 0.25) is 5.88 Å². The fourth-order valence-corrected chi connectivity index (χ4v) is 2.73. The lowest BCUT2D eigenvalue weighted by Crippen LogP contribution is -2.37. The summed E-state index contributed by atoms with van der Waals surface area (Å²) in [4.78, 5) is 22.7. The molecule has 0 radical (unpaired) electrons. The summed E-state index contributed by atoms with van der Waals surface area (Å²) in [7, 11) is 1.61. The van der Waals surface area contributed by atoms with Crippen LogP contribution >= 0.6 is 0 Å². The third-order valence-electron chi connectivity index (χ3n) is 3.92. The Balaban J connectivity index is 1.51. The van der Waals surface area contributed by atoms with Crippen LogP contribution < -0.4 is 10.1 Å². The Bertz CT molecular complexity index is 645. The molecule has 120 valence electrons. The highest BCUT2D eigenvalue weighted by molar-refractivity contribution is 5.92. The molecule has 6 nitrogen and oxygen atoms in total. The second-order valence-electron chi connectivity index (χ2n) is 5.62. The van der Waals surface area contributed by atoms with Gasteiger partial charge in [-0.3, -0.25) is 14.7 Å². The van der Waals surface area contributed by atoms with Gasteiger partial charge in [0.15, 0.2) is 0 Å². The molecule has 0 unspecified atom stereocenters. The van der Waals surface area contributed by atoms with Crippen molar-refractivity contribution in [2.24, 2.45) is 0 Å². The summed E-state index contributed by atoms with van der Waals surface area (Å²) in [6.45, 7) is 2.62. The van der Waals surface area contributed by atoms with Gasteiger partial charge in [0.25, 0.3) is 5.91 Å². The van der Waals surface area contributed by atoms with Gasteiger partial charge in [-0.1, -0.05) is 12.1 Å². The van der Waals surface area contributed by atoms with Crippen molar-refractivity contribution < 1.29 is 9.53 Å². The van der Waals surface area contributed by atoms with Crippen LogP contribution in [-0.4, -0.2) is 47.0 Å². The summed E-state index contributed by atoms with van der Waals surface area (Å²) >= 11 is 0. The van der Waals surface area contributed by atoms with Gasteiger partial charge >= 0.3 is 0 Å². The molecule has 1 N–H and O–H groups in total. The van der Waals surface area contributed by atoms with Crippen molar-refractivity contribution >= 4 is 5.91 Å². The van der Waals surface area contributed by atoms with Crippen LogP contribution in [0, 0.1) is 0 Å². The molecule has 1 aliphatic rings. The van der Waals surface area contributed by atoms with Gasteiger partial charge in [0, 0.05) is 44.1 Å². The first-order valence-corrected chi connectivity index (χ1v) is 7.68. The fraction of sp³-hybridized carbons (Fsp3) is 0.353. The lowest BCUT2D eigenvalue weighted by Gasteiger charge is -2.16. The molecule has 0 bridgehead atoms. The number of likely N-dealkylation sites (tertiary alicyclic amines) is 1. The van der Waals surface area contributed by atoms with Gasteiger partial charge in [-0.25, -0.2) is 4.98 Å². The average Bonchev–Trinajstić information content (AvgIpc) is 3.03. The van der Waals surface area contributed by atoms with E-state index in [0.717, 1.165) is 31.6 Å². The van der Waals surface area contributed by atoms with Crippen molar-refractivity contribution in [2.45, 2.75) is 19.0 Å². The quantitative estimate of drug-likeness (QED) is 0.906. The molecule has 6 heteroatoms. The predicted octanol–water partition coefficient (Wildman–Crippen LogP) is 1.49. The highest BCUT2D eigenvalue weighted by Gasteiger charge is 2.24. The SMILES string of the molecule is COc1ccc(CN2CC[C@H](NC(=O)c3ccccn3)C2)cn1.